The molecule has 2 atom stereocenters. The second-order valence-electron chi connectivity index (χ2n) is 6.90. The Morgan fingerprint density at radius 2 is 1.79 bits per heavy atom. The first-order chi connectivity index (χ1) is 13.5. The van der Waals surface area contributed by atoms with Gasteiger partial charge in [0, 0.05) is 0 Å². The third-order valence-corrected chi connectivity index (χ3v) is 4.62. The number of aliphatic hydroxyl groups excluding tert-OH is 1. The van der Waals surface area contributed by atoms with Crippen LogP contribution in [0.15, 0.2) is 60.8 Å². The van der Waals surface area contributed by atoms with E-state index in [1.54, 1.807) is 11.6 Å². The van der Waals surface area contributed by atoms with Gasteiger partial charge < -0.3 is 14.9 Å². The van der Waals surface area contributed by atoms with Crippen LogP contribution < -0.4 is 4.74 Å². The molecule has 0 fully saturated rings. The smallest absolute Gasteiger partial charge is 0.339 e. The van der Waals surface area contributed by atoms with Gasteiger partial charge in [-0.3, -0.25) is 0 Å². The number of carboxylic acid groups (broad SMARTS) is 1. The van der Waals surface area contributed by atoms with Crippen molar-refractivity contribution in [1.82, 2.24) is 9.78 Å². The molecule has 3 aromatic rings. The molecule has 0 saturated heterocycles. The fourth-order valence-corrected chi connectivity index (χ4v) is 3.18. The van der Waals surface area contributed by atoms with Crippen LogP contribution in [0, 0.1) is 0 Å². The zero-order valence-corrected chi connectivity index (χ0v) is 15.9. The maximum Gasteiger partial charge on any atom is 0.339 e. The summed E-state index contributed by atoms with van der Waals surface area (Å²) >= 11 is 0. The van der Waals surface area contributed by atoms with E-state index >= 15 is 0 Å². The molecular formula is C22H24N2O4. The highest BCUT2D eigenvalue weighted by molar-refractivity contribution is 5.88. The highest BCUT2D eigenvalue weighted by atomic mass is 16.5. The average Bonchev–Trinajstić information content (AvgIpc) is 3.11. The second-order valence-corrected chi connectivity index (χ2v) is 6.90. The molecule has 0 aliphatic heterocycles. The van der Waals surface area contributed by atoms with Gasteiger partial charge in [0.05, 0.1) is 23.7 Å². The zero-order valence-electron chi connectivity index (χ0n) is 15.9. The number of hydrogen-bond acceptors (Lipinski definition) is 4. The van der Waals surface area contributed by atoms with Crippen LogP contribution in [0.2, 0.25) is 0 Å². The van der Waals surface area contributed by atoms with Gasteiger partial charge in [-0.2, -0.15) is 5.10 Å². The number of aliphatic hydroxyl groups is 1. The Hall–Kier alpha value is -3.12. The lowest BCUT2D eigenvalue weighted by Crippen LogP contribution is -2.10. The minimum Gasteiger partial charge on any atom is -0.487 e. The first kappa shape index (κ1) is 19.6. The molecule has 1 aromatic heterocycles. The Morgan fingerprint density at radius 3 is 2.39 bits per heavy atom. The van der Waals surface area contributed by atoms with Crippen LogP contribution in [0.3, 0.4) is 0 Å². The Morgan fingerprint density at radius 1 is 1.11 bits per heavy atom. The van der Waals surface area contributed by atoms with E-state index in [-0.39, 0.29) is 24.2 Å². The van der Waals surface area contributed by atoms with E-state index in [4.69, 9.17) is 4.74 Å². The first-order valence-electron chi connectivity index (χ1n) is 9.22. The van der Waals surface area contributed by atoms with Gasteiger partial charge in [0.1, 0.15) is 17.9 Å². The summed E-state index contributed by atoms with van der Waals surface area (Å²) in [5.41, 5.74) is 2.49. The fourth-order valence-electron chi connectivity index (χ4n) is 3.18. The maximum atomic E-state index is 11.6. The summed E-state index contributed by atoms with van der Waals surface area (Å²) < 4.78 is 7.43. The van der Waals surface area contributed by atoms with Gasteiger partial charge in [-0.25, -0.2) is 9.48 Å². The van der Waals surface area contributed by atoms with E-state index in [0.717, 1.165) is 11.3 Å². The number of hydrogen-bond donors (Lipinski definition) is 2. The van der Waals surface area contributed by atoms with Gasteiger partial charge in [0.25, 0.3) is 0 Å². The van der Waals surface area contributed by atoms with Crippen molar-refractivity contribution in [3.05, 3.63) is 77.6 Å². The predicted octanol–water partition coefficient (Wildman–Crippen LogP) is 4.02. The van der Waals surface area contributed by atoms with Crippen molar-refractivity contribution < 1.29 is 19.7 Å². The molecule has 0 unspecified atom stereocenters. The summed E-state index contributed by atoms with van der Waals surface area (Å²) in [6.45, 7) is 3.93. The molecular weight excluding hydrogens is 356 g/mol. The van der Waals surface area contributed by atoms with Crippen molar-refractivity contribution in [3.8, 4) is 11.4 Å². The number of carboxylic acids is 1. The molecule has 0 bridgehead atoms. The van der Waals surface area contributed by atoms with Crippen LogP contribution in [0.25, 0.3) is 5.69 Å². The molecule has 2 N–H and O–H groups in total. The molecule has 0 saturated carbocycles. The zero-order chi connectivity index (χ0) is 20.1. The summed E-state index contributed by atoms with van der Waals surface area (Å²) in [5.74, 6) is -0.152. The number of aromatic carboxylic acids is 1. The molecule has 0 radical (unpaired) electrons. The van der Waals surface area contributed by atoms with Gasteiger partial charge >= 0.3 is 5.97 Å². The number of aromatic nitrogens is 2. The maximum absolute atomic E-state index is 11.6. The molecule has 6 heteroatoms. The van der Waals surface area contributed by atoms with Crippen LogP contribution in [0.4, 0.5) is 0 Å². The summed E-state index contributed by atoms with van der Waals surface area (Å²) in [5, 5.41) is 23.2. The normalized spacial score (nSPS) is 13.1. The summed E-state index contributed by atoms with van der Waals surface area (Å²) in [6, 6.07) is 17.0. The summed E-state index contributed by atoms with van der Waals surface area (Å²) in [7, 11) is 0. The minimum absolute atomic E-state index is 0.0824. The second kappa shape index (κ2) is 8.71. The molecule has 0 spiro atoms. The number of rotatable bonds is 8. The molecule has 0 aliphatic rings. The highest BCUT2D eigenvalue weighted by Gasteiger charge is 2.18. The lowest BCUT2D eigenvalue weighted by Gasteiger charge is -2.15. The van der Waals surface area contributed by atoms with Crippen LogP contribution in [0.5, 0.6) is 5.75 Å². The third kappa shape index (κ3) is 4.58. The van der Waals surface area contributed by atoms with E-state index in [1.807, 2.05) is 54.6 Å². The topological polar surface area (TPSA) is 84.6 Å². The van der Waals surface area contributed by atoms with Crippen LogP contribution in [-0.2, 0) is 6.61 Å². The van der Waals surface area contributed by atoms with Gasteiger partial charge in [-0.15, -0.1) is 0 Å². The van der Waals surface area contributed by atoms with Crippen LogP contribution >= 0.6 is 0 Å². The van der Waals surface area contributed by atoms with Crippen molar-refractivity contribution in [1.29, 1.82) is 0 Å². The first-order valence-corrected chi connectivity index (χ1v) is 9.22. The molecule has 2 aromatic carbocycles. The molecule has 0 amide bonds. The molecule has 6 nitrogen and oxygen atoms in total. The van der Waals surface area contributed by atoms with Gasteiger partial charge in [-0.05, 0) is 49.1 Å². The van der Waals surface area contributed by atoms with Crippen LogP contribution in [-0.4, -0.2) is 32.1 Å². The number of benzene rings is 2. The quantitative estimate of drug-likeness (QED) is 0.616. The van der Waals surface area contributed by atoms with Gasteiger partial charge in [0.15, 0.2) is 0 Å². The Kier molecular flexibility index (Phi) is 6.11. The van der Waals surface area contributed by atoms with Crippen molar-refractivity contribution in [2.24, 2.45) is 0 Å². The van der Waals surface area contributed by atoms with Crippen molar-refractivity contribution >= 4 is 5.97 Å². The highest BCUT2D eigenvalue weighted by Crippen LogP contribution is 2.24. The van der Waals surface area contributed by atoms with Crippen molar-refractivity contribution in [3.63, 3.8) is 0 Å². The Labute approximate surface area is 164 Å². The monoisotopic (exact) mass is 380 g/mol. The standard InChI is InChI=1S/C22H24N2O4/c1-15(12-16(2)25)17-8-10-19(11-9-17)28-14-21-20(22(26)27)13-23-24(21)18-6-4-3-5-7-18/h3-11,13,15-16,25H,12,14H2,1-2H3,(H,26,27)/t15-,16+/m0/s1. The summed E-state index contributed by atoms with van der Waals surface area (Å²) in [4.78, 5) is 11.6. The predicted molar refractivity (Wildman–Crippen MR) is 106 cm³/mol. The number of carbonyl (C=O) groups is 1. The van der Waals surface area contributed by atoms with E-state index in [1.165, 1.54) is 6.20 Å². The lowest BCUT2D eigenvalue weighted by atomic mass is 9.95. The number of para-hydroxylation sites is 1. The third-order valence-electron chi connectivity index (χ3n) is 4.62. The van der Waals surface area contributed by atoms with Gasteiger partial charge in [-0.1, -0.05) is 37.3 Å². The SMILES string of the molecule is C[C@@H](O)C[C@H](C)c1ccc(OCc2c(C(=O)O)cnn2-c2ccccc2)cc1. The Bertz CT molecular complexity index is 917. The van der Waals surface area contributed by atoms with E-state index in [2.05, 4.69) is 12.0 Å². The molecule has 3 rings (SSSR count). The van der Waals surface area contributed by atoms with E-state index < -0.39 is 5.97 Å². The minimum atomic E-state index is -1.04. The molecule has 1 heterocycles. The Balaban J connectivity index is 1.77. The largest absolute Gasteiger partial charge is 0.487 e. The van der Waals surface area contributed by atoms with E-state index in [0.29, 0.717) is 17.9 Å². The lowest BCUT2D eigenvalue weighted by molar-refractivity contribution is 0.0693. The average molecular weight is 380 g/mol. The van der Waals surface area contributed by atoms with Gasteiger partial charge in [0.2, 0.25) is 0 Å². The molecule has 146 valence electrons. The number of ether oxygens (including phenoxy) is 1. The van der Waals surface area contributed by atoms with Crippen LogP contribution in [0.1, 0.15) is 47.8 Å². The number of nitrogens with zero attached hydrogens (tertiary/aromatic N) is 2. The summed E-state index contributed by atoms with van der Waals surface area (Å²) in [6.07, 6.45) is 1.69. The van der Waals surface area contributed by atoms with Crippen molar-refractivity contribution in [2.75, 3.05) is 0 Å². The molecule has 28 heavy (non-hydrogen) atoms. The van der Waals surface area contributed by atoms with E-state index in [9.17, 15) is 15.0 Å². The fraction of sp³-hybridized carbons (Fsp3) is 0.273. The molecule has 0 aliphatic carbocycles. The van der Waals surface area contributed by atoms with Crippen molar-refractivity contribution in [2.45, 2.75) is 38.9 Å².